The summed E-state index contributed by atoms with van der Waals surface area (Å²) in [6, 6.07) is 19.7. The molecular formula is C26H17NO7. The van der Waals surface area contributed by atoms with Gasteiger partial charge in [0.25, 0.3) is 11.8 Å². The summed E-state index contributed by atoms with van der Waals surface area (Å²) in [6.45, 7) is -0.103. The van der Waals surface area contributed by atoms with Crippen LogP contribution < -0.4 is 14.9 Å². The monoisotopic (exact) mass is 455 g/mol. The molecule has 0 bridgehead atoms. The number of carbonyl (C=O) groups excluding carboxylic acids is 3. The Balaban J connectivity index is 1.26. The second-order valence-electron chi connectivity index (χ2n) is 7.53. The van der Waals surface area contributed by atoms with Gasteiger partial charge in [0.05, 0.1) is 22.9 Å². The minimum atomic E-state index is -0.637. The Bertz CT molecular complexity index is 1460. The molecule has 0 spiro atoms. The molecule has 0 saturated heterocycles. The molecule has 3 aromatic carbocycles. The van der Waals surface area contributed by atoms with Crippen LogP contribution in [0.2, 0.25) is 0 Å². The van der Waals surface area contributed by atoms with Crippen molar-refractivity contribution >= 4 is 28.8 Å². The van der Waals surface area contributed by atoms with Crippen LogP contribution in [0.3, 0.4) is 0 Å². The van der Waals surface area contributed by atoms with Crippen LogP contribution in [0.4, 0.5) is 0 Å². The Morgan fingerprint density at radius 3 is 2.21 bits per heavy atom. The smallest absolute Gasteiger partial charge is 0.313 e. The van der Waals surface area contributed by atoms with Gasteiger partial charge in [-0.25, -0.2) is 0 Å². The lowest BCUT2D eigenvalue weighted by molar-refractivity contribution is -0.134. The van der Waals surface area contributed by atoms with Crippen molar-refractivity contribution in [2.45, 2.75) is 6.42 Å². The number of nitrogens with zero attached hydrogens (tertiary/aromatic N) is 1. The first-order chi connectivity index (χ1) is 16.5. The van der Waals surface area contributed by atoms with Gasteiger partial charge in [0.1, 0.15) is 23.3 Å². The number of esters is 1. The number of rotatable bonds is 6. The van der Waals surface area contributed by atoms with E-state index in [0.29, 0.717) is 16.9 Å². The predicted octanol–water partition coefficient (Wildman–Crippen LogP) is 4.18. The summed E-state index contributed by atoms with van der Waals surface area (Å²) in [4.78, 5) is 50.9. The maximum atomic E-state index is 12.7. The maximum absolute atomic E-state index is 12.7. The molecular weight excluding hydrogens is 438 g/mol. The molecule has 0 saturated carbocycles. The van der Waals surface area contributed by atoms with Crippen LogP contribution in [0.1, 0.15) is 27.1 Å². The Kier molecular flexibility index (Phi) is 5.39. The summed E-state index contributed by atoms with van der Waals surface area (Å²) in [5.74, 6) is -0.812. The highest BCUT2D eigenvalue weighted by atomic mass is 16.5. The molecule has 1 aliphatic heterocycles. The Hall–Kier alpha value is -4.72. The quantitative estimate of drug-likeness (QED) is 0.244. The van der Waals surface area contributed by atoms with Gasteiger partial charge in [-0.1, -0.05) is 30.3 Å². The van der Waals surface area contributed by atoms with E-state index in [1.165, 1.54) is 24.5 Å². The van der Waals surface area contributed by atoms with Gasteiger partial charge in [-0.15, -0.1) is 0 Å². The van der Waals surface area contributed by atoms with Gasteiger partial charge < -0.3 is 13.9 Å². The van der Waals surface area contributed by atoms with Gasteiger partial charge in [-0.3, -0.25) is 24.1 Å². The second kappa shape index (κ2) is 8.67. The van der Waals surface area contributed by atoms with Crippen LogP contribution >= 0.6 is 0 Å². The molecule has 4 aromatic rings. The van der Waals surface area contributed by atoms with Crippen molar-refractivity contribution in [3.8, 4) is 17.2 Å². The lowest BCUT2D eigenvalue weighted by atomic mass is 10.1. The first kappa shape index (κ1) is 21.1. The molecule has 2 amide bonds. The normalized spacial score (nSPS) is 12.6. The number of ether oxygens (including phenoxy) is 2. The lowest BCUT2D eigenvalue weighted by Crippen LogP contribution is -2.32. The van der Waals surface area contributed by atoms with Gasteiger partial charge >= 0.3 is 5.97 Å². The lowest BCUT2D eigenvalue weighted by Gasteiger charge is -2.13. The van der Waals surface area contributed by atoms with Crippen molar-refractivity contribution in [3.05, 3.63) is 100 Å². The van der Waals surface area contributed by atoms with E-state index in [4.69, 9.17) is 13.9 Å². The molecule has 5 rings (SSSR count). The third-order valence-corrected chi connectivity index (χ3v) is 5.33. The molecule has 0 fully saturated rings. The SMILES string of the molecule is O=C(CCN1C(=O)c2ccccc2C1=O)Oc1ccc2c(=O)c(Oc3ccccc3)coc2c1. The number of benzene rings is 3. The van der Waals surface area contributed by atoms with E-state index >= 15 is 0 Å². The topological polar surface area (TPSA) is 103 Å². The van der Waals surface area contributed by atoms with Crippen molar-refractivity contribution in [2.24, 2.45) is 0 Å². The summed E-state index contributed by atoms with van der Waals surface area (Å²) in [6.07, 6.45) is 1.02. The minimum Gasteiger partial charge on any atom is -0.460 e. The van der Waals surface area contributed by atoms with Crippen LogP contribution in [-0.2, 0) is 4.79 Å². The molecule has 8 heteroatoms. The highest BCUT2D eigenvalue weighted by molar-refractivity contribution is 6.21. The first-order valence-electron chi connectivity index (χ1n) is 10.5. The van der Waals surface area contributed by atoms with Gasteiger partial charge in [-0.2, -0.15) is 0 Å². The van der Waals surface area contributed by atoms with Crippen LogP contribution in [-0.4, -0.2) is 29.2 Å². The summed E-state index contributed by atoms with van der Waals surface area (Å²) < 4.78 is 16.4. The van der Waals surface area contributed by atoms with Gasteiger partial charge in [0.2, 0.25) is 11.2 Å². The van der Waals surface area contributed by atoms with Gasteiger partial charge in [0, 0.05) is 12.6 Å². The third kappa shape index (κ3) is 3.93. The average Bonchev–Trinajstić information content (AvgIpc) is 3.10. The second-order valence-corrected chi connectivity index (χ2v) is 7.53. The number of imide groups is 1. The summed E-state index contributed by atoms with van der Waals surface area (Å²) >= 11 is 0. The Morgan fingerprint density at radius 1 is 0.824 bits per heavy atom. The fourth-order valence-corrected chi connectivity index (χ4v) is 3.67. The highest BCUT2D eigenvalue weighted by Gasteiger charge is 2.35. The number of hydrogen-bond donors (Lipinski definition) is 0. The van der Waals surface area contributed by atoms with E-state index in [2.05, 4.69) is 0 Å². The molecule has 0 aliphatic carbocycles. The van der Waals surface area contributed by atoms with Crippen molar-refractivity contribution in [3.63, 3.8) is 0 Å². The highest BCUT2D eigenvalue weighted by Crippen LogP contribution is 2.25. The van der Waals surface area contributed by atoms with Crippen LogP contribution in [0.15, 0.2) is 88.3 Å². The Morgan fingerprint density at radius 2 is 1.50 bits per heavy atom. The molecule has 0 atom stereocenters. The van der Waals surface area contributed by atoms with Crippen molar-refractivity contribution in [2.75, 3.05) is 6.54 Å². The van der Waals surface area contributed by atoms with E-state index in [0.717, 1.165) is 4.90 Å². The molecule has 0 N–H and O–H groups in total. The molecule has 0 radical (unpaired) electrons. The molecule has 2 heterocycles. The van der Waals surface area contributed by atoms with E-state index in [9.17, 15) is 19.2 Å². The maximum Gasteiger partial charge on any atom is 0.313 e. The van der Waals surface area contributed by atoms with Crippen LogP contribution in [0.25, 0.3) is 11.0 Å². The molecule has 34 heavy (non-hydrogen) atoms. The van der Waals surface area contributed by atoms with E-state index in [1.54, 1.807) is 48.5 Å². The molecule has 8 nitrogen and oxygen atoms in total. The minimum absolute atomic E-state index is 0.0318. The summed E-state index contributed by atoms with van der Waals surface area (Å²) in [5.41, 5.74) is 0.492. The molecule has 1 aliphatic rings. The Labute approximate surface area is 192 Å². The fraction of sp³-hybridized carbons (Fsp3) is 0.0769. The first-order valence-corrected chi connectivity index (χ1v) is 10.5. The van der Waals surface area contributed by atoms with E-state index in [1.807, 2.05) is 6.07 Å². The largest absolute Gasteiger partial charge is 0.460 e. The number of fused-ring (bicyclic) bond motifs is 2. The number of carbonyl (C=O) groups is 3. The van der Waals surface area contributed by atoms with Crippen molar-refractivity contribution in [1.29, 1.82) is 0 Å². The van der Waals surface area contributed by atoms with Crippen molar-refractivity contribution < 1.29 is 28.3 Å². The molecule has 0 unspecified atom stereocenters. The average molecular weight is 455 g/mol. The zero-order valence-electron chi connectivity index (χ0n) is 17.7. The van der Waals surface area contributed by atoms with Crippen LogP contribution in [0.5, 0.6) is 17.2 Å². The number of para-hydroxylation sites is 1. The summed E-state index contributed by atoms with van der Waals surface area (Å²) in [5, 5.41) is 0.263. The standard InChI is InChI=1S/C26H17NO7/c28-23(12-13-27-25(30)18-8-4-5-9-19(18)26(27)31)34-17-10-11-20-21(14-17)32-15-22(24(20)29)33-16-6-2-1-3-7-16/h1-11,14-15H,12-13H2. The van der Waals surface area contributed by atoms with Gasteiger partial charge in [0.15, 0.2) is 0 Å². The number of hydrogen-bond acceptors (Lipinski definition) is 7. The zero-order chi connectivity index (χ0) is 23.7. The third-order valence-electron chi connectivity index (χ3n) is 5.33. The van der Waals surface area contributed by atoms with Crippen LogP contribution in [0, 0.1) is 0 Å². The zero-order valence-corrected chi connectivity index (χ0v) is 17.7. The van der Waals surface area contributed by atoms with Gasteiger partial charge in [-0.05, 0) is 36.4 Å². The van der Waals surface area contributed by atoms with E-state index < -0.39 is 17.8 Å². The van der Waals surface area contributed by atoms with Crippen molar-refractivity contribution in [1.82, 2.24) is 4.90 Å². The summed E-state index contributed by atoms with van der Waals surface area (Å²) in [7, 11) is 0. The predicted molar refractivity (Wildman–Crippen MR) is 121 cm³/mol. The van der Waals surface area contributed by atoms with E-state index in [-0.39, 0.29) is 40.9 Å². The molecule has 168 valence electrons. The number of amides is 2. The fourth-order valence-electron chi connectivity index (χ4n) is 3.67. The molecule has 1 aromatic heterocycles.